The van der Waals surface area contributed by atoms with Crippen LogP contribution in [0.15, 0.2) is 40.9 Å². The van der Waals surface area contributed by atoms with Crippen molar-refractivity contribution in [1.29, 1.82) is 0 Å². The number of carboxylic acid groups (broad SMARTS) is 1. The first-order chi connectivity index (χ1) is 24.1. The summed E-state index contributed by atoms with van der Waals surface area (Å²) in [4.78, 5) is 28.4. The van der Waals surface area contributed by atoms with E-state index in [9.17, 15) is 23.1 Å². The molecule has 0 unspecified atom stereocenters. The Bertz CT molecular complexity index is 2010. The molecule has 4 aliphatic rings. The van der Waals surface area contributed by atoms with Gasteiger partial charge >= 0.3 is 19.3 Å². The maximum Gasteiger partial charge on any atom is 0.496 e. The van der Waals surface area contributed by atoms with Gasteiger partial charge in [0.2, 0.25) is 11.7 Å². The molecule has 4 fully saturated rings. The number of carboxylic acids is 1. The molecule has 4 aliphatic heterocycles. The fourth-order valence-corrected chi connectivity index (χ4v) is 7.17. The fraction of sp³-hybridized carbons (Fsp3) is 0.529. The second kappa shape index (κ2) is 11.7. The van der Waals surface area contributed by atoms with Crippen LogP contribution in [0.5, 0.6) is 5.88 Å². The molecule has 3 atom stereocenters. The third-order valence-corrected chi connectivity index (χ3v) is 10.9. The summed E-state index contributed by atoms with van der Waals surface area (Å²) >= 11 is 0. The van der Waals surface area contributed by atoms with E-state index in [1.807, 2.05) is 40.7 Å². The van der Waals surface area contributed by atoms with Crippen LogP contribution in [0.2, 0.25) is 0 Å². The Morgan fingerprint density at radius 2 is 1.80 bits per heavy atom. The highest BCUT2D eigenvalue weighted by Crippen LogP contribution is 2.42. The Labute approximate surface area is 291 Å². The van der Waals surface area contributed by atoms with Gasteiger partial charge in [0.1, 0.15) is 28.8 Å². The summed E-state index contributed by atoms with van der Waals surface area (Å²) in [5.74, 6) is -2.71. The molecule has 1 N–H and O–H groups in total. The molecule has 1 spiro atoms. The second-order valence-corrected chi connectivity index (χ2v) is 14.6. The van der Waals surface area contributed by atoms with E-state index in [1.54, 1.807) is 30.5 Å². The van der Waals surface area contributed by atoms with Crippen LogP contribution in [0, 0.1) is 0 Å². The average Bonchev–Trinajstić information content (AvgIpc) is 3.71. The number of benzene rings is 1. The van der Waals surface area contributed by atoms with E-state index < -0.39 is 54.0 Å². The molecule has 0 radical (unpaired) electrons. The zero-order valence-corrected chi connectivity index (χ0v) is 28.7. The van der Waals surface area contributed by atoms with Crippen LogP contribution in [-0.2, 0) is 29.8 Å². The molecule has 270 valence electrons. The number of alkyl halides is 3. The summed E-state index contributed by atoms with van der Waals surface area (Å²) in [5, 5.41) is 10.7. The largest absolute Gasteiger partial charge is 0.496 e. The maximum absolute atomic E-state index is 14.1. The van der Waals surface area contributed by atoms with Crippen molar-refractivity contribution in [3.8, 4) is 5.88 Å². The van der Waals surface area contributed by atoms with Gasteiger partial charge in [-0.15, -0.1) is 0 Å². The van der Waals surface area contributed by atoms with Crippen LogP contribution in [-0.4, -0.2) is 101 Å². The molecular weight excluding hydrogens is 674 g/mol. The van der Waals surface area contributed by atoms with Crippen molar-refractivity contribution < 1.29 is 51.0 Å². The van der Waals surface area contributed by atoms with Crippen LogP contribution in [0.4, 0.5) is 24.7 Å². The van der Waals surface area contributed by atoms with Gasteiger partial charge in [0.15, 0.2) is 11.4 Å². The fourth-order valence-electron chi connectivity index (χ4n) is 7.17. The van der Waals surface area contributed by atoms with Crippen molar-refractivity contribution in [3.05, 3.63) is 42.4 Å². The lowest BCUT2D eigenvalue weighted by atomic mass is 9.80. The van der Waals surface area contributed by atoms with Crippen LogP contribution >= 0.6 is 0 Å². The van der Waals surface area contributed by atoms with Gasteiger partial charge in [-0.1, -0.05) is 12.1 Å². The first-order valence-electron chi connectivity index (χ1n) is 16.8. The van der Waals surface area contributed by atoms with Crippen molar-refractivity contribution in [1.82, 2.24) is 15.0 Å². The highest BCUT2D eigenvalue weighted by molar-refractivity contribution is 6.62. The van der Waals surface area contributed by atoms with E-state index in [0.29, 0.717) is 48.5 Å². The molecule has 0 saturated carbocycles. The van der Waals surface area contributed by atoms with Gasteiger partial charge in [-0.2, -0.15) is 13.2 Å². The topological polar surface area (TPSA) is 142 Å². The van der Waals surface area contributed by atoms with E-state index in [1.165, 1.54) is 4.90 Å². The molecule has 13 nitrogen and oxygen atoms in total. The maximum atomic E-state index is 14.1. The summed E-state index contributed by atoms with van der Waals surface area (Å²) in [6.45, 7) is 11.6. The number of aliphatic carboxylic acids is 1. The molecule has 3 aromatic heterocycles. The number of para-hydroxylation sites is 1. The number of morpholine rings is 1. The average molecular weight is 712 g/mol. The smallest absolute Gasteiger partial charge is 0.480 e. The number of hydrogen-bond acceptors (Lipinski definition) is 12. The van der Waals surface area contributed by atoms with Crippen molar-refractivity contribution in [2.75, 3.05) is 42.7 Å². The molecule has 0 aliphatic carbocycles. The predicted molar refractivity (Wildman–Crippen MR) is 178 cm³/mol. The molecule has 1 aromatic carbocycles. The van der Waals surface area contributed by atoms with Gasteiger partial charge in [-0.05, 0) is 52.8 Å². The third kappa shape index (κ3) is 5.56. The molecule has 4 aromatic rings. The van der Waals surface area contributed by atoms with Gasteiger partial charge in [-0.3, -0.25) is 0 Å². The third-order valence-electron chi connectivity index (χ3n) is 10.9. The summed E-state index contributed by atoms with van der Waals surface area (Å²) < 4.78 is 79.2. The summed E-state index contributed by atoms with van der Waals surface area (Å²) in [6.07, 6.45) is -4.17. The SMILES string of the molecule is C[C@@H]1N(c2cc(B3OC(C)(C)C(C)(C)O3)cnc2O[C@H]2C[C@@H](C(=O)O)N(c3nc(C(F)(F)F)nc4c3oc3ccccc34)C2)CCOC12COC2. The van der Waals surface area contributed by atoms with Crippen LogP contribution in [0.1, 0.15) is 46.9 Å². The Morgan fingerprint density at radius 3 is 2.47 bits per heavy atom. The van der Waals surface area contributed by atoms with Crippen molar-refractivity contribution in [2.45, 2.75) is 82.2 Å². The lowest BCUT2D eigenvalue weighted by Crippen LogP contribution is -2.68. The van der Waals surface area contributed by atoms with Gasteiger partial charge in [0.25, 0.3) is 0 Å². The molecule has 0 amide bonds. The highest BCUT2D eigenvalue weighted by Gasteiger charge is 2.53. The molecule has 7 heterocycles. The standard InChI is InChI=1S/C34H37BF3N5O8/c1-18-33(16-46-17-33)47-11-10-42(18)22-12-19(35-50-31(2,3)32(4,5)51-35)14-39-28(22)48-20-13-23(29(44)45)43(15-20)27-26-25(40-30(41-27)34(36,37)38)21-8-6-7-9-24(21)49-26/h6-9,12,14,18,20,23H,10-11,13,15-17H2,1-5H3,(H,44,45)/t18-,20-,23-/m0/s1. The Balaban J connectivity index is 1.17. The van der Waals surface area contributed by atoms with Crippen LogP contribution in [0.25, 0.3) is 22.1 Å². The number of rotatable bonds is 6. The molecule has 0 bridgehead atoms. The minimum absolute atomic E-state index is 0.0446. The molecular formula is C34H37BF3N5O8. The minimum atomic E-state index is -4.90. The van der Waals surface area contributed by atoms with E-state index >= 15 is 0 Å². The number of hydrogen-bond donors (Lipinski definition) is 1. The van der Waals surface area contributed by atoms with Gasteiger partial charge in [0, 0.05) is 30.0 Å². The highest BCUT2D eigenvalue weighted by atomic mass is 19.4. The van der Waals surface area contributed by atoms with Crippen molar-refractivity contribution in [2.24, 2.45) is 0 Å². The Hall–Kier alpha value is -4.19. The summed E-state index contributed by atoms with van der Waals surface area (Å²) in [7, 11) is -0.710. The predicted octanol–water partition coefficient (Wildman–Crippen LogP) is 4.19. The first kappa shape index (κ1) is 33.9. The quantitative estimate of drug-likeness (QED) is 0.286. The first-order valence-corrected chi connectivity index (χ1v) is 16.8. The summed E-state index contributed by atoms with van der Waals surface area (Å²) in [6, 6.07) is 7.00. The Kier molecular flexibility index (Phi) is 7.76. The molecule has 51 heavy (non-hydrogen) atoms. The number of anilines is 2. The number of aromatic nitrogens is 3. The van der Waals surface area contributed by atoms with Crippen LogP contribution < -0.4 is 20.0 Å². The van der Waals surface area contributed by atoms with Crippen LogP contribution in [0.3, 0.4) is 0 Å². The lowest BCUT2D eigenvalue weighted by Gasteiger charge is -2.53. The summed E-state index contributed by atoms with van der Waals surface area (Å²) in [5.41, 5.74) is -0.227. The molecule has 8 rings (SSSR count). The van der Waals surface area contributed by atoms with E-state index in [0.717, 1.165) is 0 Å². The number of carbonyl (C=O) groups is 1. The van der Waals surface area contributed by atoms with Crippen molar-refractivity contribution >= 4 is 52.1 Å². The number of ether oxygens (including phenoxy) is 3. The van der Waals surface area contributed by atoms with E-state index in [-0.39, 0.29) is 41.8 Å². The number of halogens is 3. The number of nitrogens with zero attached hydrogens (tertiary/aromatic N) is 5. The number of furan rings is 1. The number of fused-ring (bicyclic) bond motifs is 3. The van der Waals surface area contributed by atoms with Gasteiger partial charge in [-0.25, -0.2) is 19.7 Å². The van der Waals surface area contributed by atoms with Gasteiger partial charge < -0.3 is 42.8 Å². The lowest BCUT2D eigenvalue weighted by molar-refractivity contribution is -0.228. The number of pyridine rings is 1. The monoisotopic (exact) mass is 711 g/mol. The Morgan fingerprint density at radius 1 is 1.08 bits per heavy atom. The zero-order chi connectivity index (χ0) is 36.1. The molecule has 4 saturated heterocycles. The molecule has 17 heteroatoms. The van der Waals surface area contributed by atoms with Gasteiger partial charge in [0.05, 0.1) is 49.3 Å². The van der Waals surface area contributed by atoms with E-state index in [2.05, 4.69) is 14.9 Å². The zero-order valence-electron chi connectivity index (χ0n) is 28.7. The van der Waals surface area contributed by atoms with Crippen molar-refractivity contribution in [3.63, 3.8) is 0 Å². The van der Waals surface area contributed by atoms with E-state index in [4.69, 9.17) is 32.9 Å². The minimum Gasteiger partial charge on any atom is -0.480 e. The normalized spacial score (nSPS) is 25.6. The second-order valence-electron chi connectivity index (χ2n) is 14.6.